The smallest absolute Gasteiger partial charge is 0.0975 e. The van der Waals surface area contributed by atoms with E-state index in [-0.39, 0.29) is 0 Å². The zero-order valence-electron chi connectivity index (χ0n) is 11.4. The van der Waals surface area contributed by atoms with Crippen LogP contribution in [0.25, 0.3) is 0 Å². The maximum absolute atomic E-state index is 5.87. The lowest BCUT2D eigenvalue weighted by atomic mass is 9.91. The molecule has 2 aromatic rings. The third-order valence-corrected chi connectivity index (χ3v) is 5.13. The van der Waals surface area contributed by atoms with Crippen molar-refractivity contribution in [2.24, 2.45) is 5.73 Å². The Hall–Kier alpha value is -1.19. The molecule has 0 aliphatic heterocycles. The topological polar surface area (TPSA) is 38.9 Å². The predicted molar refractivity (Wildman–Crippen MR) is 80.8 cm³/mol. The Labute approximate surface area is 118 Å². The number of fused-ring (bicyclic) bond motifs is 1. The van der Waals surface area contributed by atoms with Gasteiger partial charge in [-0.3, -0.25) is 0 Å². The van der Waals surface area contributed by atoms with Crippen LogP contribution in [0.1, 0.15) is 45.5 Å². The number of aromatic nitrogens is 1. The van der Waals surface area contributed by atoms with Crippen molar-refractivity contribution in [2.45, 2.75) is 38.5 Å². The van der Waals surface area contributed by atoms with Crippen molar-refractivity contribution in [1.82, 2.24) is 4.98 Å². The Bertz CT molecular complexity index is 574. The Morgan fingerprint density at radius 2 is 2.21 bits per heavy atom. The summed E-state index contributed by atoms with van der Waals surface area (Å²) >= 11 is 1.89. The summed E-state index contributed by atoms with van der Waals surface area (Å²) in [5, 5.41) is 1.25. The van der Waals surface area contributed by atoms with Gasteiger partial charge in [0, 0.05) is 23.8 Å². The molecular formula is C16H20N2S. The molecule has 3 heteroatoms. The van der Waals surface area contributed by atoms with E-state index in [4.69, 9.17) is 10.7 Å². The van der Waals surface area contributed by atoms with E-state index in [9.17, 15) is 0 Å². The maximum atomic E-state index is 5.87. The van der Waals surface area contributed by atoms with E-state index < -0.39 is 0 Å². The number of nitrogens with zero attached hydrogens (tertiary/aromatic N) is 1. The van der Waals surface area contributed by atoms with Crippen molar-refractivity contribution < 1.29 is 0 Å². The summed E-state index contributed by atoms with van der Waals surface area (Å²) in [6.45, 7) is 2.91. The Balaban J connectivity index is 1.87. The van der Waals surface area contributed by atoms with Crippen LogP contribution in [-0.4, -0.2) is 11.5 Å². The summed E-state index contributed by atoms with van der Waals surface area (Å²) in [5.41, 5.74) is 9.90. The van der Waals surface area contributed by atoms with Gasteiger partial charge in [0.2, 0.25) is 0 Å². The molecule has 19 heavy (non-hydrogen) atoms. The van der Waals surface area contributed by atoms with E-state index in [1.165, 1.54) is 46.0 Å². The van der Waals surface area contributed by atoms with Gasteiger partial charge < -0.3 is 5.73 Å². The number of aryl methyl sites for hydroxylation is 2. The van der Waals surface area contributed by atoms with Crippen LogP contribution in [-0.2, 0) is 12.8 Å². The number of thiazole rings is 1. The van der Waals surface area contributed by atoms with Gasteiger partial charge in [0.05, 0.1) is 10.7 Å². The van der Waals surface area contributed by atoms with E-state index in [0.717, 1.165) is 13.0 Å². The maximum Gasteiger partial charge on any atom is 0.0975 e. The lowest BCUT2D eigenvalue weighted by Crippen LogP contribution is -2.17. The number of nitrogens with two attached hydrogens (primary N) is 1. The highest BCUT2D eigenvalue weighted by Gasteiger charge is 2.23. The van der Waals surface area contributed by atoms with Gasteiger partial charge in [-0.2, -0.15) is 0 Å². The van der Waals surface area contributed by atoms with Gasteiger partial charge in [-0.25, -0.2) is 4.98 Å². The van der Waals surface area contributed by atoms with Crippen molar-refractivity contribution >= 4 is 11.3 Å². The minimum atomic E-state index is 0.491. The van der Waals surface area contributed by atoms with Gasteiger partial charge in [0.1, 0.15) is 0 Å². The summed E-state index contributed by atoms with van der Waals surface area (Å²) in [7, 11) is 0. The molecule has 1 unspecified atom stereocenters. The summed E-state index contributed by atoms with van der Waals surface area (Å²) in [5.74, 6) is 0.491. The molecular weight excluding hydrogens is 252 g/mol. The van der Waals surface area contributed by atoms with E-state index in [2.05, 4.69) is 31.2 Å². The molecule has 1 atom stereocenters. The number of hydrogen-bond acceptors (Lipinski definition) is 3. The van der Waals surface area contributed by atoms with Crippen LogP contribution in [0.3, 0.4) is 0 Å². The number of benzene rings is 1. The normalized spacial score (nSPS) is 18.3. The minimum Gasteiger partial charge on any atom is -0.330 e. The van der Waals surface area contributed by atoms with Crippen molar-refractivity contribution in [1.29, 1.82) is 0 Å². The Morgan fingerprint density at radius 3 is 3.00 bits per heavy atom. The molecule has 0 spiro atoms. The Morgan fingerprint density at radius 1 is 1.37 bits per heavy atom. The van der Waals surface area contributed by atoms with Crippen LogP contribution in [0.4, 0.5) is 0 Å². The molecule has 1 heterocycles. The van der Waals surface area contributed by atoms with Crippen molar-refractivity contribution in [2.75, 3.05) is 6.54 Å². The molecule has 1 aliphatic carbocycles. The second-order valence-corrected chi connectivity index (χ2v) is 6.51. The van der Waals surface area contributed by atoms with Crippen molar-refractivity contribution in [3.63, 3.8) is 0 Å². The highest BCUT2D eigenvalue weighted by atomic mass is 32.1. The summed E-state index contributed by atoms with van der Waals surface area (Å²) in [4.78, 5) is 6.36. The van der Waals surface area contributed by atoms with Gasteiger partial charge in [-0.15, -0.1) is 11.3 Å². The fourth-order valence-electron chi connectivity index (χ4n) is 2.83. The fourth-order valence-corrected chi connectivity index (χ4v) is 4.05. The van der Waals surface area contributed by atoms with Gasteiger partial charge >= 0.3 is 0 Å². The van der Waals surface area contributed by atoms with Gasteiger partial charge in [-0.05, 0) is 37.3 Å². The van der Waals surface area contributed by atoms with Crippen molar-refractivity contribution in [3.05, 3.63) is 51.0 Å². The quantitative estimate of drug-likeness (QED) is 0.930. The minimum absolute atomic E-state index is 0.491. The first-order valence-electron chi connectivity index (χ1n) is 7.01. The van der Waals surface area contributed by atoms with Crippen LogP contribution in [0.5, 0.6) is 0 Å². The monoisotopic (exact) mass is 272 g/mol. The fraction of sp³-hybridized carbons (Fsp3) is 0.438. The summed E-state index contributed by atoms with van der Waals surface area (Å²) < 4.78 is 0. The summed E-state index contributed by atoms with van der Waals surface area (Å²) in [6, 6.07) is 8.58. The first kappa shape index (κ1) is 12.8. The first-order chi connectivity index (χ1) is 9.28. The highest BCUT2D eigenvalue weighted by Crippen LogP contribution is 2.34. The average molecular weight is 272 g/mol. The number of hydrogen-bond donors (Lipinski definition) is 1. The van der Waals surface area contributed by atoms with Gasteiger partial charge in [0.15, 0.2) is 0 Å². The third-order valence-electron chi connectivity index (χ3n) is 4.00. The molecule has 0 radical (unpaired) electrons. The van der Waals surface area contributed by atoms with E-state index in [1.54, 1.807) is 0 Å². The molecule has 3 rings (SSSR count). The second kappa shape index (κ2) is 5.43. The molecule has 0 saturated carbocycles. The zero-order valence-corrected chi connectivity index (χ0v) is 12.2. The molecule has 0 saturated heterocycles. The second-order valence-electron chi connectivity index (χ2n) is 5.34. The molecule has 0 fully saturated rings. The van der Waals surface area contributed by atoms with E-state index >= 15 is 0 Å². The highest BCUT2D eigenvalue weighted by molar-refractivity contribution is 7.11. The standard InChI is InChI=1S/C16H20N2S/c1-11-5-2-3-6-12(11)9-15-18-16-13(10-17)7-4-8-14(16)19-15/h2-3,5-6,13H,4,7-10,17H2,1H3. The van der Waals surface area contributed by atoms with Crippen LogP contribution in [0, 0.1) is 6.92 Å². The largest absolute Gasteiger partial charge is 0.330 e. The van der Waals surface area contributed by atoms with Crippen molar-refractivity contribution in [3.8, 4) is 0 Å². The molecule has 2 nitrogen and oxygen atoms in total. The molecule has 100 valence electrons. The molecule has 0 amide bonds. The third kappa shape index (κ3) is 2.58. The van der Waals surface area contributed by atoms with Gasteiger partial charge in [0.25, 0.3) is 0 Å². The summed E-state index contributed by atoms with van der Waals surface area (Å²) in [6.07, 6.45) is 4.62. The van der Waals surface area contributed by atoms with Gasteiger partial charge in [-0.1, -0.05) is 24.3 Å². The average Bonchev–Trinajstić information content (AvgIpc) is 2.83. The van der Waals surface area contributed by atoms with E-state index in [1.807, 2.05) is 11.3 Å². The first-order valence-corrected chi connectivity index (χ1v) is 7.82. The predicted octanol–water partition coefficient (Wildman–Crippen LogP) is 3.42. The molecule has 2 N–H and O–H groups in total. The lowest BCUT2D eigenvalue weighted by Gasteiger charge is -2.18. The molecule has 0 bridgehead atoms. The molecule has 1 aliphatic rings. The van der Waals surface area contributed by atoms with Crippen LogP contribution >= 0.6 is 11.3 Å². The number of rotatable bonds is 3. The molecule has 1 aromatic carbocycles. The van der Waals surface area contributed by atoms with Crippen LogP contribution in [0.2, 0.25) is 0 Å². The zero-order chi connectivity index (χ0) is 13.2. The van der Waals surface area contributed by atoms with Crippen LogP contribution in [0.15, 0.2) is 24.3 Å². The van der Waals surface area contributed by atoms with Crippen LogP contribution < -0.4 is 5.73 Å². The SMILES string of the molecule is Cc1ccccc1Cc1nc2c(s1)CCCC2CN. The Kier molecular flexibility index (Phi) is 3.67. The lowest BCUT2D eigenvalue weighted by molar-refractivity contribution is 0.553. The molecule has 1 aromatic heterocycles. The van der Waals surface area contributed by atoms with E-state index in [0.29, 0.717) is 5.92 Å².